The summed E-state index contributed by atoms with van der Waals surface area (Å²) in [6.45, 7) is 8.42. The summed E-state index contributed by atoms with van der Waals surface area (Å²) in [5, 5.41) is 3.37. The molecule has 0 saturated carbocycles. The first kappa shape index (κ1) is 16.2. The topological polar surface area (TPSA) is 30.5 Å². The number of hydrogen-bond donors (Lipinski definition) is 1. The third kappa shape index (κ3) is 5.32. The molecular weight excluding hydrogens is 274 g/mol. The number of hydrogen-bond acceptors (Lipinski definition) is 3. The van der Waals surface area contributed by atoms with Gasteiger partial charge in [-0.2, -0.15) is 0 Å². The molecule has 0 aliphatic carbocycles. The van der Waals surface area contributed by atoms with E-state index in [9.17, 15) is 0 Å². The van der Waals surface area contributed by atoms with E-state index in [0.717, 1.165) is 30.3 Å². The maximum atomic E-state index is 5.83. The molecule has 3 heteroatoms. The Labute approximate surface area is 133 Å². The molecule has 2 rings (SSSR count). The van der Waals surface area contributed by atoms with Crippen LogP contribution < -0.4 is 14.8 Å². The van der Waals surface area contributed by atoms with E-state index in [1.54, 1.807) is 0 Å². The summed E-state index contributed by atoms with van der Waals surface area (Å²) in [7, 11) is 0. The number of anilines is 1. The lowest BCUT2D eigenvalue weighted by atomic mass is 10.2. The van der Waals surface area contributed by atoms with Gasteiger partial charge in [0.25, 0.3) is 0 Å². The van der Waals surface area contributed by atoms with E-state index in [-0.39, 0.29) is 0 Å². The Hall–Kier alpha value is -2.16. The van der Waals surface area contributed by atoms with Gasteiger partial charge in [-0.1, -0.05) is 38.1 Å². The van der Waals surface area contributed by atoms with Crippen LogP contribution in [0.1, 0.15) is 19.4 Å². The van der Waals surface area contributed by atoms with E-state index in [2.05, 4.69) is 32.2 Å². The molecule has 2 aromatic carbocycles. The van der Waals surface area contributed by atoms with Gasteiger partial charge in [-0.3, -0.25) is 0 Å². The van der Waals surface area contributed by atoms with Gasteiger partial charge >= 0.3 is 0 Å². The van der Waals surface area contributed by atoms with Crippen molar-refractivity contribution < 1.29 is 9.47 Å². The van der Waals surface area contributed by atoms with Gasteiger partial charge in [0.15, 0.2) is 0 Å². The van der Waals surface area contributed by atoms with Crippen molar-refractivity contribution in [3.8, 4) is 11.5 Å². The molecule has 22 heavy (non-hydrogen) atoms. The van der Waals surface area contributed by atoms with Gasteiger partial charge in [-0.25, -0.2) is 0 Å². The minimum absolute atomic E-state index is 0.512. The zero-order chi connectivity index (χ0) is 15.8. The van der Waals surface area contributed by atoms with Crippen LogP contribution >= 0.6 is 0 Å². The Bertz CT molecular complexity index is 581. The standard InChI is InChI=1S/C19H25NO2/c1-15(2)14-22-19-10-5-4-9-18(19)20-11-12-21-17-8-6-7-16(3)13-17/h4-10,13,15,20H,11-12,14H2,1-3H3. The second-order valence-corrected chi connectivity index (χ2v) is 5.79. The van der Waals surface area contributed by atoms with Crippen LogP contribution in [0.2, 0.25) is 0 Å². The molecule has 0 fully saturated rings. The number of para-hydroxylation sites is 2. The lowest BCUT2D eigenvalue weighted by molar-refractivity contribution is 0.272. The van der Waals surface area contributed by atoms with Crippen molar-refractivity contribution in [2.24, 2.45) is 5.92 Å². The normalized spacial score (nSPS) is 10.5. The summed E-state index contributed by atoms with van der Waals surface area (Å²) < 4.78 is 11.6. The summed E-state index contributed by atoms with van der Waals surface area (Å²) >= 11 is 0. The third-order valence-corrected chi connectivity index (χ3v) is 3.14. The monoisotopic (exact) mass is 299 g/mol. The summed E-state index contributed by atoms with van der Waals surface area (Å²) in [5.41, 5.74) is 2.22. The number of nitrogens with one attached hydrogen (secondary N) is 1. The Balaban J connectivity index is 1.81. The molecule has 0 atom stereocenters. The molecule has 0 spiro atoms. The predicted molar refractivity (Wildman–Crippen MR) is 91.9 cm³/mol. The van der Waals surface area contributed by atoms with Gasteiger partial charge in [0.05, 0.1) is 12.3 Å². The van der Waals surface area contributed by atoms with Crippen molar-refractivity contribution in [3.63, 3.8) is 0 Å². The quantitative estimate of drug-likeness (QED) is 0.727. The minimum Gasteiger partial charge on any atom is -0.492 e. The second-order valence-electron chi connectivity index (χ2n) is 5.79. The van der Waals surface area contributed by atoms with E-state index in [1.807, 2.05) is 42.5 Å². The maximum absolute atomic E-state index is 5.83. The smallest absolute Gasteiger partial charge is 0.142 e. The summed E-state index contributed by atoms with van der Waals surface area (Å²) in [4.78, 5) is 0. The van der Waals surface area contributed by atoms with Crippen molar-refractivity contribution in [3.05, 3.63) is 54.1 Å². The number of benzene rings is 2. The molecule has 0 saturated heterocycles. The number of ether oxygens (including phenoxy) is 2. The van der Waals surface area contributed by atoms with Crippen LogP contribution in [0, 0.1) is 12.8 Å². The van der Waals surface area contributed by atoms with E-state index < -0.39 is 0 Å². The molecule has 0 amide bonds. The van der Waals surface area contributed by atoms with Crippen LogP contribution in [-0.4, -0.2) is 19.8 Å². The Morgan fingerprint density at radius 3 is 2.59 bits per heavy atom. The molecule has 118 valence electrons. The SMILES string of the molecule is Cc1cccc(OCCNc2ccccc2OCC(C)C)c1. The van der Waals surface area contributed by atoms with Crippen molar-refractivity contribution in [1.82, 2.24) is 0 Å². The highest BCUT2D eigenvalue weighted by Crippen LogP contribution is 2.24. The van der Waals surface area contributed by atoms with Gasteiger partial charge in [0, 0.05) is 6.54 Å². The Morgan fingerprint density at radius 1 is 1.00 bits per heavy atom. The molecule has 0 unspecified atom stereocenters. The van der Waals surface area contributed by atoms with Gasteiger partial charge in [0.2, 0.25) is 0 Å². The molecule has 1 N–H and O–H groups in total. The molecule has 0 radical (unpaired) electrons. The van der Waals surface area contributed by atoms with E-state index >= 15 is 0 Å². The van der Waals surface area contributed by atoms with Gasteiger partial charge in [-0.15, -0.1) is 0 Å². The third-order valence-electron chi connectivity index (χ3n) is 3.14. The van der Waals surface area contributed by atoms with Crippen molar-refractivity contribution in [1.29, 1.82) is 0 Å². The first-order valence-corrected chi connectivity index (χ1v) is 7.80. The second kappa shape index (κ2) is 8.32. The van der Waals surface area contributed by atoms with Crippen LogP contribution in [-0.2, 0) is 0 Å². The zero-order valence-electron chi connectivity index (χ0n) is 13.6. The van der Waals surface area contributed by atoms with Crippen LogP contribution in [0.5, 0.6) is 11.5 Å². The molecule has 2 aromatic rings. The summed E-state index contributed by atoms with van der Waals surface area (Å²) in [6.07, 6.45) is 0. The highest BCUT2D eigenvalue weighted by atomic mass is 16.5. The molecule has 3 nitrogen and oxygen atoms in total. The fraction of sp³-hybridized carbons (Fsp3) is 0.368. The average Bonchev–Trinajstić information content (AvgIpc) is 2.50. The Kier molecular flexibility index (Phi) is 6.13. The first-order chi connectivity index (χ1) is 10.6. The van der Waals surface area contributed by atoms with Crippen molar-refractivity contribution in [2.45, 2.75) is 20.8 Å². The van der Waals surface area contributed by atoms with E-state index in [0.29, 0.717) is 12.5 Å². The molecule has 0 aromatic heterocycles. The molecule has 0 aliphatic heterocycles. The van der Waals surface area contributed by atoms with Gasteiger partial charge in [0.1, 0.15) is 18.1 Å². The molecular formula is C19H25NO2. The van der Waals surface area contributed by atoms with E-state index in [1.165, 1.54) is 5.56 Å². The van der Waals surface area contributed by atoms with Crippen LogP contribution in [0.4, 0.5) is 5.69 Å². The largest absolute Gasteiger partial charge is 0.492 e. The molecule has 0 bridgehead atoms. The predicted octanol–water partition coefficient (Wildman–Crippen LogP) is 4.52. The summed E-state index contributed by atoms with van der Waals surface area (Å²) in [6, 6.07) is 16.1. The fourth-order valence-corrected chi connectivity index (χ4v) is 2.05. The first-order valence-electron chi connectivity index (χ1n) is 7.80. The maximum Gasteiger partial charge on any atom is 0.142 e. The lowest BCUT2D eigenvalue weighted by Crippen LogP contribution is -2.13. The van der Waals surface area contributed by atoms with Gasteiger partial charge in [-0.05, 0) is 42.7 Å². The van der Waals surface area contributed by atoms with Crippen molar-refractivity contribution in [2.75, 3.05) is 25.1 Å². The molecule has 0 heterocycles. The van der Waals surface area contributed by atoms with Crippen LogP contribution in [0.15, 0.2) is 48.5 Å². The highest BCUT2D eigenvalue weighted by molar-refractivity contribution is 5.56. The Morgan fingerprint density at radius 2 is 1.82 bits per heavy atom. The summed E-state index contributed by atoms with van der Waals surface area (Å²) in [5.74, 6) is 2.32. The minimum atomic E-state index is 0.512. The average molecular weight is 299 g/mol. The molecule has 0 aliphatic rings. The highest BCUT2D eigenvalue weighted by Gasteiger charge is 2.03. The zero-order valence-corrected chi connectivity index (χ0v) is 13.6. The van der Waals surface area contributed by atoms with Crippen LogP contribution in [0.3, 0.4) is 0 Å². The van der Waals surface area contributed by atoms with Crippen molar-refractivity contribution >= 4 is 5.69 Å². The fourth-order valence-electron chi connectivity index (χ4n) is 2.05. The number of aryl methyl sites for hydroxylation is 1. The number of rotatable bonds is 8. The van der Waals surface area contributed by atoms with E-state index in [4.69, 9.17) is 9.47 Å². The van der Waals surface area contributed by atoms with Crippen LogP contribution in [0.25, 0.3) is 0 Å². The van der Waals surface area contributed by atoms with Gasteiger partial charge < -0.3 is 14.8 Å². The lowest BCUT2D eigenvalue weighted by Gasteiger charge is -2.14.